The average molecular weight is 379 g/mol. The van der Waals surface area contributed by atoms with Crippen molar-refractivity contribution in [1.82, 2.24) is 5.32 Å². The minimum absolute atomic E-state index is 0.426. The van der Waals surface area contributed by atoms with E-state index >= 15 is 0 Å². The molecule has 128 valence electrons. The fourth-order valence-corrected chi connectivity index (χ4v) is 5.49. The Morgan fingerprint density at radius 3 is 2.26 bits per heavy atom. The molecule has 3 heteroatoms. The van der Waals surface area contributed by atoms with Gasteiger partial charge < -0.3 is 10.2 Å². The molecule has 1 N–H and O–H groups in total. The fraction of sp³-hybridized carbons (Fsp3) is 0.700. The topological polar surface area (TPSA) is 15.3 Å². The first-order chi connectivity index (χ1) is 10.8. The summed E-state index contributed by atoms with van der Waals surface area (Å²) in [6, 6.07) is 6.93. The molecule has 1 saturated heterocycles. The molecule has 0 aromatic heterocycles. The van der Waals surface area contributed by atoms with Gasteiger partial charge in [0.05, 0.1) is 0 Å². The van der Waals surface area contributed by atoms with Crippen LogP contribution < -0.4 is 10.2 Å². The van der Waals surface area contributed by atoms with Crippen molar-refractivity contribution in [2.75, 3.05) is 31.1 Å². The van der Waals surface area contributed by atoms with Crippen molar-refractivity contribution >= 4 is 21.6 Å². The van der Waals surface area contributed by atoms with Gasteiger partial charge >= 0.3 is 0 Å². The molecule has 23 heavy (non-hydrogen) atoms. The normalized spacial score (nSPS) is 24.7. The zero-order chi connectivity index (χ0) is 16.7. The highest BCUT2D eigenvalue weighted by Gasteiger charge is 2.39. The van der Waals surface area contributed by atoms with Crippen LogP contribution in [0.4, 0.5) is 5.69 Å². The number of piperazine rings is 1. The molecular weight excluding hydrogens is 348 g/mol. The van der Waals surface area contributed by atoms with Crippen molar-refractivity contribution in [2.24, 2.45) is 10.8 Å². The Balaban J connectivity index is 1.95. The zero-order valence-corrected chi connectivity index (χ0v) is 16.7. The first-order valence-corrected chi connectivity index (χ1v) is 9.80. The van der Waals surface area contributed by atoms with Crippen LogP contribution >= 0.6 is 15.9 Å². The Hall–Kier alpha value is -0.540. The Morgan fingerprint density at radius 1 is 1.04 bits per heavy atom. The van der Waals surface area contributed by atoms with Crippen LogP contribution in [0.25, 0.3) is 0 Å². The van der Waals surface area contributed by atoms with Crippen molar-refractivity contribution < 1.29 is 0 Å². The highest BCUT2D eigenvalue weighted by molar-refractivity contribution is 9.10. The van der Waals surface area contributed by atoms with Gasteiger partial charge in [0.2, 0.25) is 0 Å². The van der Waals surface area contributed by atoms with Crippen molar-refractivity contribution in [3.63, 3.8) is 0 Å². The van der Waals surface area contributed by atoms with Crippen molar-refractivity contribution in [3.8, 4) is 0 Å². The van der Waals surface area contributed by atoms with E-state index in [2.05, 4.69) is 72.0 Å². The highest BCUT2D eigenvalue weighted by atomic mass is 79.9. The number of hydrogen-bond donors (Lipinski definition) is 1. The maximum absolute atomic E-state index is 3.71. The van der Waals surface area contributed by atoms with Crippen LogP contribution in [0, 0.1) is 10.8 Å². The molecule has 1 aromatic carbocycles. The second-order valence-corrected chi connectivity index (χ2v) is 9.97. The lowest BCUT2D eigenvalue weighted by Crippen LogP contribution is -2.44. The molecule has 3 rings (SSSR count). The summed E-state index contributed by atoms with van der Waals surface area (Å²) in [7, 11) is 0. The minimum Gasteiger partial charge on any atom is -0.369 e. The van der Waals surface area contributed by atoms with Gasteiger partial charge in [0, 0.05) is 36.3 Å². The van der Waals surface area contributed by atoms with Crippen molar-refractivity contribution in [2.45, 2.75) is 52.9 Å². The average Bonchev–Trinajstić information content (AvgIpc) is 2.45. The van der Waals surface area contributed by atoms with Crippen molar-refractivity contribution in [1.29, 1.82) is 0 Å². The lowest BCUT2D eigenvalue weighted by Gasteiger charge is -2.46. The third kappa shape index (κ3) is 4.11. The second-order valence-electron chi connectivity index (χ2n) is 9.05. The zero-order valence-electron chi connectivity index (χ0n) is 15.1. The standard InChI is InChI=1S/C20H31BrN2/c1-19(2)12-15(13-20(3,4)14-19)17-11-16(21)5-6-18(17)23-9-7-22-8-10-23/h5-6,11,15,22H,7-10,12-14H2,1-4H3. The lowest BCUT2D eigenvalue weighted by atomic mass is 9.60. The number of benzene rings is 1. The maximum atomic E-state index is 3.71. The molecule has 0 atom stereocenters. The van der Waals surface area contributed by atoms with Crippen LogP contribution in [0.1, 0.15) is 58.4 Å². The summed E-state index contributed by atoms with van der Waals surface area (Å²) >= 11 is 3.71. The van der Waals surface area contributed by atoms with E-state index in [1.165, 1.54) is 29.4 Å². The molecule has 2 aliphatic rings. The van der Waals surface area contributed by atoms with E-state index in [0.29, 0.717) is 16.7 Å². The van der Waals surface area contributed by atoms with Gasteiger partial charge in [0.15, 0.2) is 0 Å². The Labute approximate surface area is 150 Å². The number of anilines is 1. The lowest BCUT2D eigenvalue weighted by molar-refractivity contribution is 0.0970. The van der Waals surface area contributed by atoms with Crippen LogP contribution in [0.5, 0.6) is 0 Å². The summed E-state index contributed by atoms with van der Waals surface area (Å²) < 4.78 is 1.22. The number of hydrogen-bond acceptors (Lipinski definition) is 2. The van der Waals surface area contributed by atoms with E-state index in [-0.39, 0.29) is 0 Å². The van der Waals surface area contributed by atoms with Gasteiger partial charge in [-0.2, -0.15) is 0 Å². The summed E-state index contributed by atoms with van der Waals surface area (Å²) in [5.41, 5.74) is 3.88. The molecule has 0 radical (unpaired) electrons. The van der Waals surface area contributed by atoms with E-state index in [9.17, 15) is 0 Å². The van der Waals surface area contributed by atoms with Gasteiger partial charge in [-0.25, -0.2) is 0 Å². The molecule has 0 bridgehead atoms. The van der Waals surface area contributed by atoms with Gasteiger partial charge in [0.1, 0.15) is 0 Å². The number of halogens is 1. The first-order valence-electron chi connectivity index (χ1n) is 9.01. The fourth-order valence-electron chi connectivity index (χ4n) is 5.11. The molecule has 0 unspecified atom stereocenters. The van der Waals surface area contributed by atoms with E-state index in [0.717, 1.165) is 26.2 Å². The molecule has 1 heterocycles. The van der Waals surface area contributed by atoms with Crippen LogP contribution in [-0.4, -0.2) is 26.2 Å². The van der Waals surface area contributed by atoms with Gasteiger partial charge in [-0.1, -0.05) is 43.6 Å². The van der Waals surface area contributed by atoms with Gasteiger partial charge in [0.25, 0.3) is 0 Å². The molecule has 1 aromatic rings. The summed E-state index contributed by atoms with van der Waals surface area (Å²) in [5, 5.41) is 3.47. The number of nitrogens with one attached hydrogen (secondary N) is 1. The van der Waals surface area contributed by atoms with Crippen LogP contribution in [0.15, 0.2) is 22.7 Å². The molecule has 2 nitrogen and oxygen atoms in total. The molecule has 1 saturated carbocycles. The largest absolute Gasteiger partial charge is 0.369 e. The highest BCUT2D eigenvalue weighted by Crippen LogP contribution is 2.53. The second kappa shape index (κ2) is 6.40. The molecule has 0 amide bonds. The monoisotopic (exact) mass is 378 g/mol. The Morgan fingerprint density at radius 2 is 1.65 bits per heavy atom. The van der Waals surface area contributed by atoms with Crippen molar-refractivity contribution in [3.05, 3.63) is 28.2 Å². The van der Waals surface area contributed by atoms with E-state index in [1.807, 2.05) is 0 Å². The van der Waals surface area contributed by atoms with Gasteiger partial charge in [-0.05, 0) is 59.8 Å². The predicted molar refractivity (Wildman–Crippen MR) is 103 cm³/mol. The number of rotatable bonds is 2. The third-order valence-electron chi connectivity index (χ3n) is 5.44. The van der Waals surface area contributed by atoms with Crippen LogP contribution in [0.2, 0.25) is 0 Å². The molecule has 1 aliphatic carbocycles. The Kier molecular flexibility index (Phi) is 4.81. The summed E-state index contributed by atoms with van der Waals surface area (Å²) in [5.74, 6) is 0.663. The molecule has 0 spiro atoms. The van der Waals surface area contributed by atoms with Gasteiger partial charge in [-0.3, -0.25) is 0 Å². The van der Waals surface area contributed by atoms with Crippen LogP contribution in [0.3, 0.4) is 0 Å². The predicted octanol–water partition coefficient (Wildman–Crippen LogP) is 5.18. The van der Waals surface area contributed by atoms with E-state index in [4.69, 9.17) is 0 Å². The van der Waals surface area contributed by atoms with E-state index < -0.39 is 0 Å². The molecule has 2 fully saturated rings. The maximum Gasteiger partial charge on any atom is 0.0403 e. The first kappa shape index (κ1) is 17.3. The Bertz CT molecular complexity index is 543. The quantitative estimate of drug-likeness (QED) is 0.762. The number of nitrogens with zero attached hydrogens (tertiary/aromatic N) is 1. The smallest absolute Gasteiger partial charge is 0.0403 e. The summed E-state index contributed by atoms with van der Waals surface area (Å²) in [4.78, 5) is 2.58. The van der Waals surface area contributed by atoms with E-state index in [1.54, 1.807) is 5.56 Å². The minimum atomic E-state index is 0.426. The molecular formula is C20H31BrN2. The summed E-state index contributed by atoms with van der Waals surface area (Å²) in [6.07, 6.45) is 3.92. The summed E-state index contributed by atoms with van der Waals surface area (Å²) in [6.45, 7) is 14.2. The third-order valence-corrected chi connectivity index (χ3v) is 5.94. The van der Waals surface area contributed by atoms with Gasteiger partial charge in [-0.15, -0.1) is 0 Å². The SMILES string of the molecule is CC1(C)CC(c2cc(Br)ccc2N2CCNCC2)CC(C)(C)C1. The van der Waals surface area contributed by atoms with Crippen LogP contribution in [-0.2, 0) is 0 Å². The molecule has 1 aliphatic heterocycles.